The number of piperazine rings is 1. The summed E-state index contributed by atoms with van der Waals surface area (Å²) in [5, 5.41) is 0. The smallest absolute Gasteiger partial charge is 0.167 e. The Morgan fingerprint density at radius 2 is 2.14 bits per heavy atom. The highest BCUT2D eigenvalue weighted by molar-refractivity contribution is 5.51. The van der Waals surface area contributed by atoms with E-state index in [0.29, 0.717) is 24.4 Å². The first-order chi connectivity index (χ1) is 10.2. The molecule has 0 radical (unpaired) electrons. The fourth-order valence-corrected chi connectivity index (χ4v) is 3.65. The third-order valence-corrected chi connectivity index (χ3v) is 4.73. The lowest BCUT2D eigenvalue weighted by Crippen LogP contribution is -2.58. The van der Waals surface area contributed by atoms with Crippen molar-refractivity contribution < 1.29 is 9.13 Å². The first kappa shape index (κ1) is 14.6. The molecule has 2 heterocycles. The molecule has 2 fully saturated rings. The normalized spacial score (nSPS) is 26.5. The highest BCUT2D eigenvalue weighted by atomic mass is 19.1. The van der Waals surface area contributed by atoms with Gasteiger partial charge in [0.15, 0.2) is 11.6 Å². The SMILES string of the molecule is CCOc1ccc(N2CC3CCCCN3CC2C)cc1F. The van der Waals surface area contributed by atoms with Gasteiger partial charge in [-0.15, -0.1) is 0 Å². The van der Waals surface area contributed by atoms with Gasteiger partial charge < -0.3 is 9.64 Å². The fraction of sp³-hybridized carbons (Fsp3) is 0.647. The quantitative estimate of drug-likeness (QED) is 0.850. The van der Waals surface area contributed by atoms with Gasteiger partial charge in [-0.1, -0.05) is 6.42 Å². The van der Waals surface area contributed by atoms with Crippen LogP contribution in [-0.4, -0.2) is 43.2 Å². The molecule has 4 heteroatoms. The van der Waals surface area contributed by atoms with Crippen molar-refractivity contribution in [2.75, 3.05) is 31.1 Å². The van der Waals surface area contributed by atoms with Crippen LogP contribution < -0.4 is 9.64 Å². The summed E-state index contributed by atoms with van der Waals surface area (Å²) in [7, 11) is 0. The second kappa shape index (κ2) is 6.22. The van der Waals surface area contributed by atoms with Crippen LogP contribution in [0.3, 0.4) is 0 Å². The van der Waals surface area contributed by atoms with E-state index in [4.69, 9.17) is 4.74 Å². The molecule has 1 aromatic rings. The van der Waals surface area contributed by atoms with Crippen LogP contribution in [0.2, 0.25) is 0 Å². The van der Waals surface area contributed by atoms with Gasteiger partial charge in [0.2, 0.25) is 0 Å². The van der Waals surface area contributed by atoms with E-state index >= 15 is 0 Å². The van der Waals surface area contributed by atoms with E-state index in [1.807, 2.05) is 13.0 Å². The van der Waals surface area contributed by atoms with Crippen molar-refractivity contribution in [2.45, 2.75) is 45.2 Å². The molecule has 2 aliphatic heterocycles. The van der Waals surface area contributed by atoms with E-state index in [1.165, 1.54) is 25.8 Å². The molecule has 2 aliphatic rings. The van der Waals surface area contributed by atoms with Gasteiger partial charge >= 0.3 is 0 Å². The Bertz CT molecular complexity index is 494. The summed E-state index contributed by atoms with van der Waals surface area (Å²) < 4.78 is 19.4. The Morgan fingerprint density at radius 3 is 2.90 bits per heavy atom. The maximum atomic E-state index is 14.1. The maximum Gasteiger partial charge on any atom is 0.167 e. The van der Waals surface area contributed by atoms with E-state index in [-0.39, 0.29) is 5.82 Å². The van der Waals surface area contributed by atoms with Gasteiger partial charge in [0, 0.05) is 36.9 Å². The lowest BCUT2D eigenvalue weighted by Gasteiger charge is -2.48. The number of ether oxygens (including phenoxy) is 1. The number of benzene rings is 1. The topological polar surface area (TPSA) is 15.7 Å². The number of halogens is 1. The average molecular weight is 292 g/mol. The number of rotatable bonds is 3. The zero-order valence-electron chi connectivity index (χ0n) is 13.0. The average Bonchev–Trinajstić information content (AvgIpc) is 2.49. The molecule has 3 nitrogen and oxygen atoms in total. The number of hydrogen-bond acceptors (Lipinski definition) is 3. The Labute approximate surface area is 126 Å². The van der Waals surface area contributed by atoms with Crippen LogP contribution in [0.4, 0.5) is 10.1 Å². The summed E-state index contributed by atoms with van der Waals surface area (Å²) in [5.41, 5.74) is 0.980. The lowest BCUT2D eigenvalue weighted by atomic mass is 9.96. The molecule has 1 aromatic carbocycles. The van der Waals surface area contributed by atoms with E-state index in [9.17, 15) is 4.39 Å². The molecule has 0 bridgehead atoms. The summed E-state index contributed by atoms with van der Waals surface area (Å²) in [4.78, 5) is 4.96. The monoisotopic (exact) mass is 292 g/mol. The molecule has 116 valence electrons. The Hall–Kier alpha value is -1.29. The van der Waals surface area contributed by atoms with Gasteiger partial charge in [0.1, 0.15) is 0 Å². The first-order valence-electron chi connectivity index (χ1n) is 8.12. The van der Waals surface area contributed by atoms with Gasteiger partial charge in [-0.2, -0.15) is 0 Å². The maximum absolute atomic E-state index is 14.1. The Kier molecular flexibility index (Phi) is 4.34. The first-order valence-corrected chi connectivity index (χ1v) is 8.12. The molecule has 3 rings (SSSR count). The summed E-state index contributed by atoms with van der Waals surface area (Å²) >= 11 is 0. The van der Waals surface area contributed by atoms with Crippen LogP contribution in [0, 0.1) is 5.82 Å². The van der Waals surface area contributed by atoms with Gasteiger partial charge in [-0.25, -0.2) is 4.39 Å². The second-order valence-corrected chi connectivity index (χ2v) is 6.19. The van der Waals surface area contributed by atoms with Crippen molar-refractivity contribution in [2.24, 2.45) is 0 Å². The zero-order chi connectivity index (χ0) is 14.8. The van der Waals surface area contributed by atoms with Crippen molar-refractivity contribution in [3.63, 3.8) is 0 Å². The third-order valence-electron chi connectivity index (χ3n) is 4.73. The zero-order valence-corrected chi connectivity index (χ0v) is 13.0. The highest BCUT2D eigenvalue weighted by Crippen LogP contribution is 2.30. The van der Waals surface area contributed by atoms with Gasteiger partial charge in [-0.05, 0) is 45.4 Å². The fourth-order valence-electron chi connectivity index (χ4n) is 3.65. The molecule has 2 atom stereocenters. The number of fused-ring (bicyclic) bond motifs is 1. The number of anilines is 1. The van der Waals surface area contributed by atoms with E-state index in [0.717, 1.165) is 18.8 Å². The van der Waals surface area contributed by atoms with E-state index < -0.39 is 0 Å². The lowest BCUT2D eigenvalue weighted by molar-refractivity contribution is 0.115. The van der Waals surface area contributed by atoms with Gasteiger partial charge in [-0.3, -0.25) is 4.90 Å². The molecule has 0 saturated carbocycles. The van der Waals surface area contributed by atoms with Crippen LogP contribution in [-0.2, 0) is 0 Å². The van der Waals surface area contributed by atoms with Gasteiger partial charge in [0.05, 0.1) is 6.61 Å². The van der Waals surface area contributed by atoms with Crippen molar-refractivity contribution in [3.05, 3.63) is 24.0 Å². The molecule has 2 saturated heterocycles. The van der Waals surface area contributed by atoms with Gasteiger partial charge in [0.25, 0.3) is 0 Å². The summed E-state index contributed by atoms with van der Waals surface area (Å²) in [5.74, 6) is 0.0952. The number of nitrogens with zero attached hydrogens (tertiary/aromatic N) is 2. The minimum absolute atomic E-state index is 0.257. The third kappa shape index (κ3) is 3.00. The molecule has 0 N–H and O–H groups in total. The molecular weight excluding hydrogens is 267 g/mol. The molecule has 0 aromatic heterocycles. The van der Waals surface area contributed by atoms with Crippen molar-refractivity contribution in [1.29, 1.82) is 0 Å². The molecule has 0 amide bonds. The summed E-state index contributed by atoms with van der Waals surface area (Å²) in [6, 6.07) is 6.43. The van der Waals surface area contributed by atoms with Crippen LogP contribution >= 0.6 is 0 Å². The highest BCUT2D eigenvalue weighted by Gasteiger charge is 2.33. The predicted octanol–water partition coefficient (Wildman–Crippen LogP) is 3.29. The molecular formula is C17H25FN2O. The number of piperidine rings is 1. The van der Waals surface area contributed by atoms with E-state index in [2.05, 4.69) is 16.7 Å². The van der Waals surface area contributed by atoms with Crippen molar-refractivity contribution in [1.82, 2.24) is 4.90 Å². The van der Waals surface area contributed by atoms with Crippen LogP contribution in [0.25, 0.3) is 0 Å². The van der Waals surface area contributed by atoms with Crippen LogP contribution in [0.1, 0.15) is 33.1 Å². The minimum Gasteiger partial charge on any atom is -0.491 e. The Balaban J connectivity index is 1.77. The largest absolute Gasteiger partial charge is 0.491 e. The summed E-state index contributed by atoms with van der Waals surface area (Å²) in [6.45, 7) is 7.92. The van der Waals surface area contributed by atoms with E-state index in [1.54, 1.807) is 12.1 Å². The second-order valence-electron chi connectivity index (χ2n) is 6.19. The molecule has 0 aliphatic carbocycles. The molecule has 2 unspecified atom stereocenters. The van der Waals surface area contributed by atoms with Crippen LogP contribution in [0.15, 0.2) is 18.2 Å². The molecule has 21 heavy (non-hydrogen) atoms. The summed E-state index contributed by atoms with van der Waals surface area (Å²) in [6.07, 6.45) is 3.91. The van der Waals surface area contributed by atoms with Crippen molar-refractivity contribution >= 4 is 5.69 Å². The van der Waals surface area contributed by atoms with Crippen molar-refractivity contribution in [3.8, 4) is 5.75 Å². The number of hydrogen-bond donors (Lipinski definition) is 0. The standard InChI is InChI=1S/C17H25FN2O/c1-3-21-17-8-7-14(10-16(17)18)20-12-15-6-4-5-9-19(15)11-13(20)2/h7-8,10,13,15H,3-6,9,11-12H2,1-2H3. The Morgan fingerprint density at radius 1 is 1.29 bits per heavy atom. The molecule has 0 spiro atoms. The van der Waals surface area contributed by atoms with Crippen LogP contribution in [0.5, 0.6) is 5.75 Å². The minimum atomic E-state index is -0.257. The predicted molar refractivity (Wildman–Crippen MR) is 83.6 cm³/mol.